The van der Waals surface area contributed by atoms with Gasteiger partial charge in [0.25, 0.3) is 0 Å². The highest BCUT2D eigenvalue weighted by molar-refractivity contribution is 5.51. The van der Waals surface area contributed by atoms with Crippen molar-refractivity contribution in [1.29, 1.82) is 0 Å². The van der Waals surface area contributed by atoms with Gasteiger partial charge < -0.3 is 14.6 Å². The van der Waals surface area contributed by atoms with Crippen LogP contribution < -0.4 is 0 Å². The van der Waals surface area contributed by atoms with E-state index >= 15 is 0 Å². The first-order valence-corrected chi connectivity index (χ1v) is 11.0. The van der Waals surface area contributed by atoms with Crippen LogP contribution >= 0.6 is 0 Å². The summed E-state index contributed by atoms with van der Waals surface area (Å²) < 4.78 is 11.4. The molecule has 0 aliphatic heterocycles. The molecule has 0 aliphatic rings. The third-order valence-corrected chi connectivity index (χ3v) is 5.45. The first-order valence-electron chi connectivity index (χ1n) is 11.0. The van der Waals surface area contributed by atoms with Gasteiger partial charge >= 0.3 is 0 Å². The fourth-order valence-corrected chi connectivity index (χ4v) is 3.73. The highest BCUT2D eigenvalue weighted by Crippen LogP contribution is 2.39. The molecule has 3 rings (SSSR count). The average Bonchev–Trinajstić information content (AvgIpc) is 2.85. The molecule has 33 heavy (non-hydrogen) atoms. The van der Waals surface area contributed by atoms with Crippen molar-refractivity contribution < 1.29 is 14.6 Å². The molecule has 0 saturated carbocycles. The number of hydrogen-bond acceptors (Lipinski definition) is 3. The van der Waals surface area contributed by atoms with Gasteiger partial charge in [0, 0.05) is 0 Å². The lowest BCUT2D eigenvalue weighted by molar-refractivity contribution is 0.115. The summed E-state index contributed by atoms with van der Waals surface area (Å²) in [6, 6.07) is 23.8. The molecule has 0 aromatic heterocycles. The second-order valence-electron chi connectivity index (χ2n) is 7.77. The molecule has 1 unspecified atom stereocenters. The molecular formula is C30H30O3. The largest absolute Gasteiger partial charge is 0.376 e. The van der Waals surface area contributed by atoms with E-state index in [4.69, 9.17) is 9.47 Å². The lowest BCUT2D eigenvalue weighted by Gasteiger charge is -2.32. The van der Waals surface area contributed by atoms with E-state index in [0.717, 1.165) is 33.4 Å². The van der Waals surface area contributed by atoms with E-state index < -0.39 is 5.60 Å². The van der Waals surface area contributed by atoms with Crippen LogP contribution in [0.3, 0.4) is 0 Å². The maximum absolute atomic E-state index is 12.4. The predicted molar refractivity (Wildman–Crippen MR) is 132 cm³/mol. The Kier molecular flexibility index (Phi) is 8.87. The van der Waals surface area contributed by atoms with Gasteiger partial charge in [-0.15, -0.1) is 11.8 Å². The van der Waals surface area contributed by atoms with E-state index in [-0.39, 0.29) is 0 Å². The van der Waals surface area contributed by atoms with Crippen molar-refractivity contribution in [1.82, 2.24) is 0 Å². The zero-order valence-electron chi connectivity index (χ0n) is 19.5. The van der Waals surface area contributed by atoms with Gasteiger partial charge in [-0.25, -0.2) is 0 Å². The Morgan fingerprint density at radius 1 is 0.758 bits per heavy atom. The summed E-state index contributed by atoms with van der Waals surface area (Å²) >= 11 is 0. The van der Waals surface area contributed by atoms with Crippen molar-refractivity contribution in [3.05, 3.63) is 106 Å². The van der Waals surface area contributed by atoms with Gasteiger partial charge in [-0.2, -0.15) is 0 Å². The zero-order valence-corrected chi connectivity index (χ0v) is 19.5. The normalized spacial score (nSPS) is 12.1. The van der Waals surface area contributed by atoms with E-state index in [9.17, 15) is 5.11 Å². The van der Waals surface area contributed by atoms with Gasteiger partial charge in [0.1, 0.15) is 18.8 Å². The molecule has 1 atom stereocenters. The second kappa shape index (κ2) is 12.0. The van der Waals surface area contributed by atoms with Crippen LogP contribution in [0.15, 0.2) is 72.8 Å². The predicted octanol–water partition coefficient (Wildman–Crippen LogP) is 5.36. The summed E-state index contributed by atoms with van der Waals surface area (Å²) in [6.45, 7) is 7.13. The summed E-state index contributed by atoms with van der Waals surface area (Å²) in [5, 5.41) is 12.4. The third kappa shape index (κ3) is 6.13. The Bertz CT molecular complexity index is 1170. The van der Waals surface area contributed by atoms with E-state index in [0.29, 0.717) is 26.4 Å². The third-order valence-electron chi connectivity index (χ3n) is 5.45. The standard InChI is InChI=1S/C30H30O3/c1-4-6-19-32-22-25-11-10-13-28(21-25)30(31,27-17-15-24(3)16-18-27)29-14-9-8-12-26(29)23-33-20-7-5-2/h8-18,21,31H,19-20,22-23H2,1-3H3. The summed E-state index contributed by atoms with van der Waals surface area (Å²) in [4.78, 5) is 0. The monoisotopic (exact) mass is 438 g/mol. The summed E-state index contributed by atoms with van der Waals surface area (Å²) in [5.41, 5.74) is 4.02. The van der Waals surface area contributed by atoms with Crippen LogP contribution in [0.4, 0.5) is 0 Å². The van der Waals surface area contributed by atoms with Crippen LogP contribution in [0, 0.1) is 30.6 Å². The molecule has 0 saturated heterocycles. The van der Waals surface area contributed by atoms with Crippen LogP contribution in [0.25, 0.3) is 0 Å². The minimum atomic E-state index is -1.36. The van der Waals surface area contributed by atoms with E-state index in [1.165, 1.54) is 0 Å². The first-order chi connectivity index (χ1) is 16.1. The molecule has 0 fully saturated rings. The van der Waals surface area contributed by atoms with Crippen LogP contribution in [-0.4, -0.2) is 18.3 Å². The summed E-state index contributed by atoms with van der Waals surface area (Å²) in [7, 11) is 0. The summed E-state index contributed by atoms with van der Waals surface area (Å²) in [5.74, 6) is 11.5. The number of rotatable bonds is 9. The Labute approximate surface area is 197 Å². The van der Waals surface area contributed by atoms with Gasteiger partial charge in [-0.1, -0.05) is 84.1 Å². The fourth-order valence-electron chi connectivity index (χ4n) is 3.73. The molecule has 0 heterocycles. The Morgan fingerprint density at radius 2 is 1.42 bits per heavy atom. The number of aryl methyl sites for hydroxylation is 1. The minimum absolute atomic E-state index is 0.348. The van der Waals surface area contributed by atoms with Gasteiger partial charge in [0.05, 0.1) is 13.2 Å². The molecular weight excluding hydrogens is 408 g/mol. The second-order valence-corrected chi connectivity index (χ2v) is 7.77. The topological polar surface area (TPSA) is 38.7 Å². The van der Waals surface area contributed by atoms with Gasteiger partial charge in [0.2, 0.25) is 0 Å². The average molecular weight is 439 g/mol. The van der Waals surface area contributed by atoms with Crippen molar-refractivity contribution in [2.24, 2.45) is 0 Å². The maximum Gasteiger partial charge on any atom is 0.140 e. The van der Waals surface area contributed by atoms with Crippen LogP contribution in [0.1, 0.15) is 47.2 Å². The number of ether oxygens (including phenoxy) is 2. The SMILES string of the molecule is CC#CCOCc1cccc(C(O)(c2ccc(C)cc2)c2ccccc2COCC#CC)c1. The van der Waals surface area contributed by atoms with Crippen LogP contribution in [-0.2, 0) is 28.3 Å². The number of aliphatic hydroxyl groups is 1. The van der Waals surface area contributed by atoms with Crippen molar-refractivity contribution in [2.75, 3.05) is 13.2 Å². The van der Waals surface area contributed by atoms with Crippen LogP contribution in [0.2, 0.25) is 0 Å². The quantitative estimate of drug-likeness (QED) is 0.278. The van der Waals surface area contributed by atoms with Gasteiger partial charge in [-0.05, 0) is 54.7 Å². The molecule has 0 spiro atoms. The fraction of sp³-hybridized carbons (Fsp3) is 0.267. The number of benzene rings is 3. The molecule has 0 aliphatic carbocycles. The Balaban J connectivity index is 2.07. The smallest absolute Gasteiger partial charge is 0.140 e. The molecule has 3 nitrogen and oxygen atoms in total. The molecule has 3 heteroatoms. The highest BCUT2D eigenvalue weighted by Gasteiger charge is 2.35. The van der Waals surface area contributed by atoms with Gasteiger partial charge in [0.15, 0.2) is 0 Å². The maximum atomic E-state index is 12.4. The molecule has 168 valence electrons. The van der Waals surface area contributed by atoms with Crippen molar-refractivity contribution >= 4 is 0 Å². The molecule has 3 aromatic carbocycles. The zero-order chi connectivity index (χ0) is 23.5. The van der Waals surface area contributed by atoms with Crippen LogP contribution in [0.5, 0.6) is 0 Å². The minimum Gasteiger partial charge on any atom is -0.376 e. The molecule has 0 bridgehead atoms. The Morgan fingerprint density at radius 3 is 2.12 bits per heavy atom. The summed E-state index contributed by atoms with van der Waals surface area (Å²) in [6.07, 6.45) is 0. The first kappa shape index (κ1) is 24.3. The highest BCUT2D eigenvalue weighted by atomic mass is 16.5. The van der Waals surface area contributed by atoms with Gasteiger partial charge in [-0.3, -0.25) is 0 Å². The lowest BCUT2D eigenvalue weighted by atomic mass is 9.78. The van der Waals surface area contributed by atoms with Crippen molar-refractivity contribution in [3.8, 4) is 23.7 Å². The van der Waals surface area contributed by atoms with Crippen molar-refractivity contribution in [2.45, 2.75) is 39.6 Å². The van der Waals surface area contributed by atoms with E-state index in [2.05, 4.69) is 23.7 Å². The molecule has 0 radical (unpaired) electrons. The van der Waals surface area contributed by atoms with E-state index in [1.54, 1.807) is 13.8 Å². The van der Waals surface area contributed by atoms with E-state index in [1.807, 2.05) is 79.7 Å². The Hall–Kier alpha value is -3.34. The molecule has 3 aromatic rings. The number of hydrogen-bond donors (Lipinski definition) is 1. The lowest BCUT2D eigenvalue weighted by Crippen LogP contribution is -2.30. The van der Waals surface area contributed by atoms with Crippen molar-refractivity contribution in [3.63, 3.8) is 0 Å². The molecule has 1 N–H and O–H groups in total. The molecule has 0 amide bonds.